The van der Waals surface area contributed by atoms with Gasteiger partial charge in [-0.15, -0.1) is 0 Å². The first-order valence-electron chi connectivity index (χ1n) is 6.27. The summed E-state index contributed by atoms with van der Waals surface area (Å²) in [6, 6.07) is 0. The number of hydrogen-bond acceptors (Lipinski definition) is 2. The molecule has 0 fully saturated rings. The van der Waals surface area contributed by atoms with Crippen molar-refractivity contribution >= 4 is 24.5 Å². The van der Waals surface area contributed by atoms with Gasteiger partial charge in [-0.3, -0.25) is 0 Å². The summed E-state index contributed by atoms with van der Waals surface area (Å²) in [4.78, 5) is 21.0. The Labute approximate surface area is 109 Å². The van der Waals surface area contributed by atoms with E-state index in [2.05, 4.69) is 20.9 Å². The van der Waals surface area contributed by atoms with Crippen LogP contribution in [-0.2, 0) is 4.74 Å². The summed E-state index contributed by atoms with van der Waals surface area (Å²) in [5.41, 5.74) is -0.399. The van der Waals surface area contributed by atoms with Crippen molar-refractivity contribution in [1.29, 1.82) is 0 Å². The summed E-state index contributed by atoms with van der Waals surface area (Å²) in [6.45, 7) is 7.31. The summed E-state index contributed by atoms with van der Waals surface area (Å²) in [5.74, 6) is 0. The maximum absolute atomic E-state index is 12.0. The standard InChI is InChI=1S/C10H16NO2.3CH3.Sn/c1-10(2,3)13-9(12)11-7-5-4-6-8-11;;;;/h4H,5,7-8H2,1-3H3;3*1H3;. The molecule has 4 heteroatoms. The number of carbonyl (C=O) groups is 1. The second-order valence-electron chi connectivity index (χ2n) is 6.67. The van der Waals surface area contributed by atoms with Gasteiger partial charge in [0.25, 0.3) is 0 Å². The Balaban J connectivity index is 2.65. The third-order valence-corrected chi connectivity index (χ3v) is 9.30. The van der Waals surface area contributed by atoms with Gasteiger partial charge in [-0.25, -0.2) is 0 Å². The molecule has 0 aromatic carbocycles. The van der Waals surface area contributed by atoms with E-state index in [9.17, 15) is 4.79 Å². The summed E-state index contributed by atoms with van der Waals surface area (Å²) in [6.07, 6.45) is 3.15. The van der Waals surface area contributed by atoms with Gasteiger partial charge in [0, 0.05) is 0 Å². The maximum atomic E-state index is 12.0. The van der Waals surface area contributed by atoms with Crippen LogP contribution in [0.2, 0.25) is 14.8 Å². The molecule has 1 aliphatic heterocycles. The molecule has 3 nitrogen and oxygen atoms in total. The minimum atomic E-state index is -2.02. The number of rotatable bonds is 1. The van der Waals surface area contributed by atoms with Gasteiger partial charge < -0.3 is 0 Å². The Morgan fingerprint density at radius 3 is 2.41 bits per heavy atom. The molecule has 0 spiro atoms. The molecule has 98 valence electrons. The van der Waals surface area contributed by atoms with E-state index in [1.165, 1.54) is 3.59 Å². The molecule has 1 aliphatic rings. The van der Waals surface area contributed by atoms with Crippen LogP contribution in [0.1, 0.15) is 27.2 Å². The van der Waals surface area contributed by atoms with Gasteiger partial charge in [0.2, 0.25) is 0 Å². The topological polar surface area (TPSA) is 29.5 Å². The van der Waals surface area contributed by atoms with E-state index >= 15 is 0 Å². The summed E-state index contributed by atoms with van der Waals surface area (Å²) in [7, 11) is 0. The van der Waals surface area contributed by atoms with Gasteiger partial charge in [0.05, 0.1) is 0 Å². The Kier molecular flexibility index (Phi) is 4.55. The van der Waals surface area contributed by atoms with E-state index in [1.807, 2.05) is 25.7 Å². The quantitative estimate of drug-likeness (QED) is 0.681. The molecular formula is C13H25NO2Sn. The average molecular weight is 346 g/mol. The Bertz CT molecular complexity index is 323. The zero-order chi connectivity index (χ0) is 13.3. The molecule has 0 saturated heterocycles. The van der Waals surface area contributed by atoms with E-state index in [4.69, 9.17) is 4.74 Å². The Morgan fingerprint density at radius 2 is 1.94 bits per heavy atom. The van der Waals surface area contributed by atoms with Gasteiger partial charge in [-0.05, 0) is 0 Å². The molecule has 0 atom stereocenters. The van der Waals surface area contributed by atoms with Crippen LogP contribution in [0, 0.1) is 0 Å². The van der Waals surface area contributed by atoms with Crippen LogP contribution in [0.3, 0.4) is 0 Å². The Morgan fingerprint density at radius 1 is 1.35 bits per heavy atom. The van der Waals surface area contributed by atoms with Crippen molar-refractivity contribution in [2.24, 2.45) is 0 Å². The van der Waals surface area contributed by atoms with E-state index in [0.29, 0.717) is 0 Å². The van der Waals surface area contributed by atoms with Crippen LogP contribution >= 0.6 is 0 Å². The van der Waals surface area contributed by atoms with Gasteiger partial charge in [0.1, 0.15) is 0 Å². The SMILES string of the molecule is CC(C)(C)OC(=O)N1CCC=[C]([Sn]([CH3])([CH3])[CH3])C1. The normalized spacial score (nSPS) is 17.8. The molecule has 0 radical (unpaired) electrons. The fourth-order valence-corrected chi connectivity index (χ4v) is 5.83. The molecular weight excluding hydrogens is 321 g/mol. The fraction of sp³-hybridized carbons (Fsp3) is 0.769. The van der Waals surface area contributed by atoms with Crippen LogP contribution in [0.4, 0.5) is 4.79 Å². The fourth-order valence-electron chi connectivity index (χ4n) is 1.77. The van der Waals surface area contributed by atoms with Gasteiger partial charge >= 0.3 is 109 Å². The van der Waals surface area contributed by atoms with Crippen LogP contribution < -0.4 is 0 Å². The third-order valence-electron chi connectivity index (χ3n) is 2.77. The second kappa shape index (κ2) is 5.20. The molecule has 0 unspecified atom stereocenters. The van der Waals surface area contributed by atoms with Crippen molar-refractivity contribution in [3.63, 3.8) is 0 Å². The van der Waals surface area contributed by atoms with Gasteiger partial charge in [-0.2, -0.15) is 0 Å². The first-order chi connectivity index (χ1) is 7.59. The summed E-state index contributed by atoms with van der Waals surface area (Å²) >= 11 is -2.02. The average Bonchev–Trinajstić information content (AvgIpc) is 2.14. The third kappa shape index (κ3) is 4.90. The van der Waals surface area contributed by atoms with Crippen molar-refractivity contribution in [2.45, 2.75) is 47.6 Å². The summed E-state index contributed by atoms with van der Waals surface area (Å²) < 4.78 is 6.95. The molecule has 0 bridgehead atoms. The Hall–Kier alpha value is -0.191. The number of carbonyl (C=O) groups excluding carboxylic acids is 1. The first kappa shape index (κ1) is 14.9. The molecule has 0 saturated carbocycles. The van der Waals surface area contributed by atoms with E-state index in [0.717, 1.165) is 19.5 Å². The molecule has 0 aliphatic carbocycles. The zero-order valence-corrected chi connectivity index (χ0v) is 14.8. The number of hydrogen-bond donors (Lipinski definition) is 0. The van der Waals surface area contributed by atoms with Crippen molar-refractivity contribution in [3.05, 3.63) is 9.67 Å². The van der Waals surface area contributed by atoms with Crippen molar-refractivity contribution in [3.8, 4) is 0 Å². The van der Waals surface area contributed by atoms with Gasteiger partial charge in [-0.1, -0.05) is 0 Å². The predicted octanol–water partition coefficient (Wildman–Crippen LogP) is 3.43. The van der Waals surface area contributed by atoms with Crippen LogP contribution in [0.15, 0.2) is 9.67 Å². The van der Waals surface area contributed by atoms with E-state index < -0.39 is 24.0 Å². The van der Waals surface area contributed by atoms with Crippen LogP contribution in [-0.4, -0.2) is 48.1 Å². The summed E-state index contributed by atoms with van der Waals surface area (Å²) in [5, 5.41) is 0. The number of nitrogens with zero attached hydrogens (tertiary/aromatic N) is 1. The zero-order valence-electron chi connectivity index (χ0n) is 12.0. The number of ether oxygens (including phenoxy) is 1. The number of amides is 1. The van der Waals surface area contributed by atoms with Crippen molar-refractivity contribution in [2.75, 3.05) is 13.1 Å². The monoisotopic (exact) mass is 347 g/mol. The van der Waals surface area contributed by atoms with E-state index in [1.54, 1.807) is 0 Å². The molecule has 0 aromatic rings. The van der Waals surface area contributed by atoms with Crippen molar-refractivity contribution < 1.29 is 9.53 Å². The molecule has 1 heterocycles. The second-order valence-corrected chi connectivity index (χ2v) is 21.3. The van der Waals surface area contributed by atoms with Gasteiger partial charge in [0.15, 0.2) is 0 Å². The molecule has 1 rings (SSSR count). The van der Waals surface area contributed by atoms with E-state index in [-0.39, 0.29) is 6.09 Å². The molecule has 0 aromatic heterocycles. The first-order valence-corrected chi connectivity index (χ1v) is 16.3. The minimum absolute atomic E-state index is 0.168. The van der Waals surface area contributed by atoms with Crippen molar-refractivity contribution in [1.82, 2.24) is 4.90 Å². The van der Waals surface area contributed by atoms with Crippen LogP contribution in [0.25, 0.3) is 0 Å². The molecule has 1 amide bonds. The molecule has 0 N–H and O–H groups in total. The van der Waals surface area contributed by atoms with Crippen LogP contribution in [0.5, 0.6) is 0 Å². The predicted molar refractivity (Wildman–Crippen MR) is 73.9 cm³/mol. The molecule has 17 heavy (non-hydrogen) atoms.